The summed E-state index contributed by atoms with van der Waals surface area (Å²) in [6.07, 6.45) is 9.62. The van der Waals surface area contributed by atoms with Crippen LogP contribution in [0.5, 0.6) is 5.75 Å². The van der Waals surface area contributed by atoms with Crippen LogP contribution in [0.3, 0.4) is 0 Å². The summed E-state index contributed by atoms with van der Waals surface area (Å²) >= 11 is 0. The second-order valence-electron chi connectivity index (χ2n) is 7.31. The molecule has 0 atom stereocenters. The number of halogens is 1. The Kier molecular flexibility index (Phi) is 7.27. The van der Waals surface area contributed by atoms with E-state index in [1.807, 2.05) is 0 Å². The first-order valence-electron chi connectivity index (χ1n) is 10.1. The maximum Gasteiger partial charge on any atom is 0.212 e. The van der Waals surface area contributed by atoms with Crippen LogP contribution in [-0.2, 0) is 0 Å². The van der Waals surface area contributed by atoms with Crippen LogP contribution >= 0.6 is 0 Å². The molecule has 1 aliphatic carbocycles. The summed E-state index contributed by atoms with van der Waals surface area (Å²) in [7, 11) is 0. The summed E-state index contributed by atoms with van der Waals surface area (Å²) in [6, 6.07) is 11.7. The van der Waals surface area contributed by atoms with Crippen LogP contribution in [0.1, 0.15) is 68.9 Å². The van der Waals surface area contributed by atoms with Gasteiger partial charge in [-0.05, 0) is 67.9 Å². The Morgan fingerprint density at radius 1 is 1.04 bits per heavy atom. The molecule has 1 saturated carbocycles. The van der Waals surface area contributed by atoms with Crippen molar-refractivity contribution in [3.05, 3.63) is 59.7 Å². The summed E-state index contributed by atoms with van der Waals surface area (Å²) in [6.45, 7) is 3.01. The van der Waals surface area contributed by atoms with Crippen molar-refractivity contribution in [2.75, 3.05) is 6.61 Å². The van der Waals surface area contributed by atoms with E-state index in [0.717, 1.165) is 50.0 Å². The van der Waals surface area contributed by atoms with Gasteiger partial charge >= 0.3 is 0 Å². The second-order valence-corrected chi connectivity index (χ2v) is 7.31. The lowest BCUT2D eigenvalue weighted by molar-refractivity contribution is 0.306. The average Bonchev–Trinajstić information content (AvgIpc) is 2.72. The lowest BCUT2D eigenvalue weighted by Crippen LogP contribution is -2.12. The second kappa shape index (κ2) is 10.1. The number of hydrogen-bond acceptors (Lipinski definition) is 2. The lowest BCUT2D eigenvalue weighted by atomic mass is 9.79. The molecule has 0 saturated heterocycles. The highest BCUT2D eigenvalue weighted by Crippen LogP contribution is 2.36. The molecule has 0 spiro atoms. The minimum atomic E-state index is -0.460. The number of rotatable bonds is 6. The highest BCUT2D eigenvalue weighted by molar-refractivity contribution is 5.33. The van der Waals surface area contributed by atoms with Crippen molar-refractivity contribution in [2.45, 2.75) is 57.8 Å². The highest BCUT2D eigenvalue weighted by Gasteiger charge is 2.21. The summed E-state index contributed by atoms with van der Waals surface area (Å²) in [4.78, 5) is 3.65. The van der Waals surface area contributed by atoms with Crippen molar-refractivity contribution in [2.24, 2.45) is 5.92 Å². The molecular formula is C24H28FNO. The first-order valence-corrected chi connectivity index (χ1v) is 10.1. The van der Waals surface area contributed by atoms with Crippen molar-refractivity contribution < 1.29 is 9.13 Å². The van der Waals surface area contributed by atoms with E-state index in [9.17, 15) is 4.39 Å². The van der Waals surface area contributed by atoms with Gasteiger partial charge in [-0.15, -0.1) is 0 Å². The minimum Gasteiger partial charge on any atom is -0.494 e. The van der Waals surface area contributed by atoms with Crippen LogP contribution in [0.2, 0.25) is 0 Å². The Hall–Kier alpha value is -2.34. The van der Waals surface area contributed by atoms with E-state index in [0.29, 0.717) is 11.8 Å². The van der Waals surface area contributed by atoms with Gasteiger partial charge in [-0.3, -0.25) is 0 Å². The maximum atomic E-state index is 12.8. The van der Waals surface area contributed by atoms with Crippen LogP contribution in [0.4, 0.5) is 4.39 Å². The van der Waals surface area contributed by atoms with Crippen molar-refractivity contribution in [3.63, 3.8) is 0 Å². The Labute approximate surface area is 162 Å². The number of unbranched alkanes of at least 4 members (excludes halogenated alkanes) is 2. The van der Waals surface area contributed by atoms with E-state index in [-0.39, 0.29) is 0 Å². The van der Waals surface area contributed by atoms with Crippen molar-refractivity contribution in [1.29, 1.82) is 0 Å². The molecule has 0 unspecified atom stereocenters. The summed E-state index contributed by atoms with van der Waals surface area (Å²) in [5.74, 6) is 8.03. The Bertz CT molecular complexity index is 750. The standard InChI is InChI=1S/C24H28FNO/c1-2-3-4-17-27-23-14-12-22(13-15-23)21-10-7-19(8-11-21)5-6-20-9-16-24(25)26-18-20/h9,12-16,18-19,21H,2-4,7-8,10-11,17H2,1H3. The van der Waals surface area contributed by atoms with E-state index in [1.165, 1.54) is 30.7 Å². The molecule has 1 aliphatic rings. The van der Waals surface area contributed by atoms with Gasteiger partial charge < -0.3 is 4.74 Å². The van der Waals surface area contributed by atoms with Gasteiger partial charge in [0.25, 0.3) is 0 Å². The zero-order chi connectivity index (χ0) is 18.9. The fraction of sp³-hybridized carbons (Fsp3) is 0.458. The van der Waals surface area contributed by atoms with Gasteiger partial charge in [0.1, 0.15) is 5.75 Å². The van der Waals surface area contributed by atoms with Crippen LogP contribution in [0.25, 0.3) is 0 Å². The number of nitrogens with zero attached hydrogens (tertiary/aromatic N) is 1. The monoisotopic (exact) mass is 365 g/mol. The van der Waals surface area contributed by atoms with E-state index >= 15 is 0 Å². The molecule has 2 nitrogen and oxygen atoms in total. The molecule has 1 heterocycles. The van der Waals surface area contributed by atoms with Gasteiger partial charge in [-0.25, -0.2) is 4.98 Å². The maximum absolute atomic E-state index is 12.8. The zero-order valence-electron chi connectivity index (χ0n) is 16.1. The van der Waals surface area contributed by atoms with E-state index in [4.69, 9.17) is 4.74 Å². The predicted octanol–water partition coefficient (Wildman–Crippen LogP) is 6.12. The third-order valence-corrected chi connectivity index (χ3v) is 5.24. The van der Waals surface area contributed by atoms with Gasteiger partial charge in [-0.1, -0.05) is 43.7 Å². The smallest absolute Gasteiger partial charge is 0.212 e. The summed E-state index contributed by atoms with van der Waals surface area (Å²) < 4.78 is 18.6. The molecule has 1 fully saturated rings. The summed E-state index contributed by atoms with van der Waals surface area (Å²) in [5, 5.41) is 0. The van der Waals surface area contributed by atoms with Gasteiger partial charge in [0.15, 0.2) is 0 Å². The fourth-order valence-electron chi connectivity index (χ4n) is 3.58. The first-order chi connectivity index (χ1) is 13.2. The number of benzene rings is 1. The van der Waals surface area contributed by atoms with Gasteiger partial charge in [-0.2, -0.15) is 4.39 Å². The number of hydrogen-bond donors (Lipinski definition) is 0. The molecule has 3 heteroatoms. The van der Waals surface area contributed by atoms with Crippen molar-refractivity contribution in [3.8, 4) is 17.6 Å². The molecule has 0 bridgehead atoms. The van der Waals surface area contributed by atoms with E-state index in [1.54, 1.807) is 6.07 Å². The van der Waals surface area contributed by atoms with Crippen LogP contribution in [0, 0.1) is 23.7 Å². The molecule has 0 radical (unpaired) electrons. The van der Waals surface area contributed by atoms with Gasteiger partial charge in [0.05, 0.1) is 6.61 Å². The van der Waals surface area contributed by atoms with Gasteiger partial charge in [0, 0.05) is 17.7 Å². The largest absolute Gasteiger partial charge is 0.494 e. The SMILES string of the molecule is CCCCCOc1ccc(C2CCC(C#Cc3ccc(F)nc3)CC2)cc1. The number of ether oxygens (including phenoxy) is 1. The first kappa shape index (κ1) is 19.4. The van der Waals surface area contributed by atoms with Crippen LogP contribution < -0.4 is 4.74 Å². The van der Waals surface area contributed by atoms with Crippen LogP contribution in [-0.4, -0.2) is 11.6 Å². The quantitative estimate of drug-likeness (QED) is 0.350. The third kappa shape index (κ3) is 6.10. The third-order valence-electron chi connectivity index (χ3n) is 5.24. The van der Waals surface area contributed by atoms with Crippen LogP contribution in [0.15, 0.2) is 42.6 Å². The Morgan fingerprint density at radius 2 is 1.81 bits per heavy atom. The molecule has 0 N–H and O–H groups in total. The fourth-order valence-corrected chi connectivity index (χ4v) is 3.58. The summed E-state index contributed by atoms with van der Waals surface area (Å²) in [5.41, 5.74) is 2.19. The predicted molar refractivity (Wildman–Crippen MR) is 107 cm³/mol. The molecule has 1 aromatic carbocycles. The highest BCUT2D eigenvalue weighted by atomic mass is 19.1. The van der Waals surface area contributed by atoms with E-state index < -0.39 is 5.95 Å². The topological polar surface area (TPSA) is 22.1 Å². The normalized spacial score (nSPS) is 19.2. The Morgan fingerprint density at radius 3 is 2.48 bits per heavy atom. The van der Waals surface area contributed by atoms with Gasteiger partial charge in [0.2, 0.25) is 5.95 Å². The molecular weight excluding hydrogens is 337 g/mol. The molecule has 1 aromatic heterocycles. The number of pyridine rings is 1. The molecule has 27 heavy (non-hydrogen) atoms. The molecule has 3 rings (SSSR count). The minimum absolute atomic E-state index is 0.424. The molecule has 0 amide bonds. The van der Waals surface area contributed by atoms with Crippen molar-refractivity contribution in [1.82, 2.24) is 4.98 Å². The average molecular weight is 365 g/mol. The zero-order valence-corrected chi connectivity index (χ0v) is 16.1. The molecule has 2 aromatic rings. The molecule has 0 aliphatic heterocycles. The molecule has 142 valence electrons. The number of aromatic nitrogens is 1. The van der Waals surface area contributed by atoms with Crippen molar-refractivity contribution >= 4 is 0 Å². The lowest BCUT2D eigenvalue weighted by Gasteiger charge is -2.26. The Balaban J connectivity index is 1.47. The van der Waals surface area contributed by atoms with E-state index in [2.05, 4.69) is 48.0 Å².